The van der Waals surface area contributed by atoms with E-state index in [1.54, 1.807) is 35.1 Å². The predicted octanol–water partition coefficient (Wildman–Crippen LogP) is 3.28. The highest BCUT2D eigenvalue weighted by atomic mass is 16.3. The molecule has 3 heterocycles. The van der Waals surface area contributed by atoms with Crippen LogP contribution < -0.4 is 5.32 Å². The van der Waals surface area contributed by atoms with Crippen LogP contribution >= 0.6 is 0 Å². The van der Waals surface area contributed by atoms with E-state index in [1.807, 2.05) is 31.2 Å². The fourth-order valence-electron chi connectivity index (χ4n) is 2.45. The Morgan fingerprint density at radius 3 is 2.73 bits per heavy atom. The zero-order valence-electron chi connectivity index (χ0n) is 13.9. The Morgan fingerprint density at radius 1 is 1.12 bits per heavy atom. The van der Waals surface area contributed by atoms with Crippen molar-refractivity contribution in [2.45, 2.75) is 6.92 Å². The molecule has 4 aromatic rings. The molecule has 0 saturated heterocycles. The van der Waals surface area contributed by atoms with Crippen LogP contribution in [0.2, 0.25) is 0 Å². The van der Waals surface area contributed by atoms with E-state index in [4.69, 9.17) is 4.42 Å². The van der Waals surface area contributed by atoms with Gasteiger partial charge in [0.15, 0.2) is 11.4 Å². The number of nitrogens with one attached hydrogen (secondary N) is 1. The van der Waals surface area contributed by atoms with E-state index >= 15 is 0 Å². The van der Waals surface area contributed by atoms with Crippen LogP contribution in [0, 0.1) is 18.8 Å². The molecule has 26 heavy (non-hydrogen) atoms. The monoisotopic (exact) mass is 342 g/mol. The lowest BCUT2D eigenvalue weighted by atomic mass is 10.2. The average Bonchev–Trinajstić information content (AvgIpc) is 3.29. The van der Waals surface area contributed by atoms with Gasteiger partial charge in [0.2, 0.25) is 0 Å². The molecule has 3 aromatic heterocycles. The minimum absolute atomic E-state index is 0.274. The van der Waals surface area contributed by atoms with Gasteiger partial charge in [-0.25, -0.2) is 9.50 Å². The number of amides is 1. The smallest absolute Gasteiger partial charge is 0.291 e. The van der Waals surface area contributed by atoms with Gasteiger partial charge in [-0.3, -0.25) is 4.79 Å². The standard InChI is InChI=1S/C20H14N4O2/c1-14-10-13-26-19(14)20(25)22-16-5-2-15(3-6-16)4-7-17-8-9-18-21-11-12-24(18)23-17/h2-3,5-6,8-13H,1H3,(H,22,25). The van der Waals surface area contributed by atoms with Crippen molar-refractivity contribution >= 4 is 17.2 Å². The van der Waals surface area contributed by atoms with E-state index in [1.165, 1.54) is 6.26 Å². The van der Waals surface area contributed by atoms with Gasteiger partial charge < -0.3 is 9.73 Å². The summed E-state index contributed by atoms with van der Waals surface area (Å²) in [6.07, 6.45) is 4.97. The van der Waals surface area contributed by atoms with Gasteiger partial charge in [-0.1, -0.05) is 5.92 Å². The molecule has 6 heteroatoms. The molecule has 1 amide bonds. The van der Waals surface area contributed by atoms with Crippen LogP contribution in [-0.4, -0.2) is 20.5 Å². The maximum atomic E-state index is 12.1. The van der Waals surface area contributed by atoms with Crippen LogP contribution in [0.4, 0.5) is 5.69 Å². The number of aryl methyl sites for hydroxylation is 1. The molecule has 1 N–H and O–H groups in total. The molecule has 0 unspecified atom stereocenters. The molecule has 0 aliphatic heterocycles. The number of carbonyl (C=O) groups excluding carboxylic acids is 1. The summed E-state index contributed by atoms with van der Waals surface area (Å²) in [5, 5.41) is 7.16. The Morgan fingerprint density at radius 2 is 1.96 bits per heavy atom. The van der Waals surface area contributed by atoms with Gasteiger partial charge in [-0.05, 0) is 55.3 Å². The maximum Gasteiger partial charge on any atom is 0.291 e. The van der Waals surface area contributed by atoms with Gasteiger partial charge in [-0.15, -0.1) is 0 Å². The van der Waals surface area contributed by atoms with Crippen molar-refractivity contribution in [2.75, 3.05) is 5.32 Å². The van der Waals surface area contributed by atoms with E-state index in [9.17, 15) is 4.79 Å². The first-order chi connectivity index (χ1) is 12.7. The third kappa shape index (κ3) is 3.19. The second-order valence-electron chi connectivity index (χ2n) is 5.66. The molecule has 6 nitrogen and oxygen atoms in total. The first kappa shape index (κ1) is 15.7. The SMILES string of the molecule is Cc1ccoc1C(=O)Nc1ccc(C#Cc2ccc3nccn3n2)cc1. The number of rotatable bonds is 2. The van der Waals surface area contributed by atoms with Crippen molar-refractivity contribution in [1.82, 2.24) is 14.6 Å². The minimum atomic E-state index is -0.274. The largest absolute Gasteiger partial charge is 0.459 e. The summed E-state index contributed by atoms with van der Waals surface area (Å²) >= 11 is 0. The molecule has 0 spiro atoms. The van der Waals surface area contributed by atoms with Crippen molar-refractivity contribution in [1.29, 1.82) is 0 Å². The van der Waals surface area contributed by atoms with Crippen molar-refractivity contribution in [3.8, 4) is 11.8 Å². The zero-order chi connectivity index (χ0) is 17.9. The van der Waals surface area contributed by atoms with Crippen LogP contribution in [0.3, 0.4) is 0 Å². The zero-order valence-corrected chi connectivity index (χ0v) is 13.9. The molecule has 4 rings (SSSR count). The Balaban J connectivity index is 1.48. The van der Waals surface area contributed by atoms with Crippen LogP contribution in [0.5, 0.6) is 0 Å². The number of furan rings is 1. The van der Waals surface area contributed by atoms with Gasteiger partial charge in [-0.2, -0.15) is 5.10 Å². The summed E-state index contributed by atoms with van der Waals surface area (Å²) in [5.74, 6) is 6.12. The molecule has 0 radical (unpaired) electrons. The fraction of sp³-hybridized carbons (Fsp3) is 0.0500. The van der Waals surface area contributed by atoms with Crippen molar-refractivity contribution in [2.24, 2.45) is 0 Å². The number of fused-ring (bicyclic) bond motifs is 1. The second kappa shape index (κ2) is 6.57. The molecule has 0 saturated carbocycles. The molecule has 0 bridgehead atoms. The van der Waals surface area contributed by atoms with Crippen LogP contribution in [0.15, 0.2) is 65.5 Å². The molecular formula is C20H14N4O2. The number of aromatic nitrogens is 3. The lowest BCUT2D eigenvalue weighted by Crippen LogP contribution is -2.11. The summed E-state index contributed by atoms with van der Waals surface area (Å²) < 4.78 is 6.87. The van der Waals surface area contributed by atoms with E-state index < -0.39 is 0 Å². The fourth-order valence-corrected chi connectivity index (χ4v) is 2.45. The van der Waals surface area contributed by atoms with Crippen LogP contribution in [-0.2, 0) is 0 Å². The second-order valence-corrected chi connectivity index (χ2v) is 5.66. The number of nitrogens with zero attached hydrogens (tertiary/aromatic N) is 3. The molecular weight excluding hydrogens is 328 g/mol. The van der Waals surface area contributed by atoms with Crippen molar-refractivity contribution in [3.05, 3.63) is 83.7 Å². The Kier molecular flexibility index (Phi) is 3.96. The van der Waals surface area contributed by atoms with E-state index in [-0.39, 0.29) is 5.91 Å². The first-order valence-electron chi connectivity index (χ1n) is 7.97. The van der Waals surface area contributed by atoms with E-state index in [0.29, 0.717) is 17.1 Å². The summed E-state index contributed by atoms with van der Waals surface area (Å²) in [5.41, 5.74) is 3.73. The summed E-state index contributed by atoms with van der Waals surface area (Å²) in [6, 6.07) is 12.7. The van der Waals surface area contributed by atoms with Gasteiger partial charge in [0.25, 0.3) is 5.91 Å². The number of hydrogen-bond acceptors (Lipinski definition) is 4. The molecule has 126 valence electrons. The minimum Gasteiger partial charge on any atom is -0.459 e. The van der Waals surface area contributed by atoms with Crippen LogP contribution in [0.1, 0.15) is 27.4 Å². The maximum absolute atomic E-state index is 12.1. The van der Waals surface area contributed by atoms with E-state index in [0.717, 1.165) is 16.8 Å². The normalized spacial score (nSPS) is 10.3. The number of hydrogen-bond donors (Lipinski definition) is 1. The quantitative estimate of drug-likeness (QED) is 0.568. The van der Waals surface area contributed by atoms with E-state index in [2.05, 4.69) is 27.2 Å². The highest BCUT2D eigenvalue weighted by Crippen LogP contribution is 2.14. The first-order valence-corrected chi connectivity index (χ1v) is 7.97. The molecule has 0 atom stereocenters. The average molecular weight is 342 g/mol. The van der Waals surface area contributed by atoms with Gasteiger partial charge in [0.05, 0.1) is 6.26 Å². The Hall–Kier alpha value is -3.85. The van der Waals surface area contributed by atoms with Gasteiger partial charge in [0, 0.05) is 29.2 Å². The topological polar surface area (TPSA) is 72.4 Å². The Labute approximate surface area is 149 Å². The number of imidazole rings is 1. The Bertz CT molecular complexity index is 1140. The summed E-state index contributed by atoms with van der Waals surface area (Å²) in [6.45, 7) is 1.83. The molecule has 0 fully saturated rings. The van der Waals surface area contributed by atoms with Gasteiger partial charge >= 0.3 is 0 Å². The van der Waals surface area contributed by atoms with Gasteiger partial charge in [0.1, 0.15) is 5.69 Å². The van der Waals surface area contributed by atoms with Crippen molar-refractivity contribution < 1.29 is 9.21 Å². The lowest BCUT2D eigenvalue weighted by Gasteiger charge is -2.03. The summed E-state index contributed by atoms with van der Waals surface area (Å²) in [4.78, 5) is 16.3. The predicted molar refractivity (Wildman–Crippen MR) is 96.8 cm³/mol. The number of carbonyl (C=O) groups is 1. The van der Waals surface area contributed by atoms with Crippen LogP contribution in [0.25, 0.3) is 5.65 Å². The van der Waals surface area contributed by atoms with Crippen molar-refractivity contribution in [3.63, 3.8) is 0 Å². The summed E-state index contributed by atoms with van der Waals surface area (Å²) in [7, 11) is 0. The highest BCUT2D eigenvalue weighted by molar-refractivity contribution is 6.03. The molecule has 0 aliphatic carbocycles. The molecule has 0 aliphatic rings. The molecule has 1 aromatic carbocycles. The highest BCUT2D eigenvalue weighted by Gasteiger charge is 2.12. The number of benzene rings is 1. The third-order valence-electron chi connectivity index (χ3n) is 3.80. The lowest BCUT2D eigenvalue weighted by molar-refractivity contribution is 0.0996. The third-order valence-corrected chi connectivity index (χ3v) is 3.80. The number of anilines is 1.